The predicted molar refractivity (Wildman–Crippen MR) is 64.5 cm³/mol. The molecule has 0 saturated heterocycles. The average Bonchev–Trinajstić information content (AvgIpc) is 2.27. The van der Waals surface area contributed by atoms with Gasteiger partial charge < -0.3 is 10.1 Å². The van der Waals surface area contributed by atoms with Crippen molar-refractivity contribution in [3.05, 3.63) is 42.1 Å². The van der Waals surface area contributed by atoms with E-state index in [0.717, 1.165) is 5.56 Å². The number of rotatable bonds is 5. The summed E-state index contributed by atoms with van der Waals surface area (Å²) in [6, 6.07) is 6.88. The Labute approximate surface area is 104 Å². The highest BCUT2D eigenvalue weighted by molar-refractivity contribution is 5.29. The molecule has 1 N–H and O–H groups in total. The van der Waals surface area contributed by atoms with Crippen molar-refractivity contribution >= 4 is 0 Å². The molecule has 0 fully saturated rings. The predicted octanol–water partition coefficient (Wildman–Crippen LogP) is 3.29. The normalized spacial score (nSPS) is 12.9. The van der Waals surface area contributed by atoms with E-state index in [0.29, 0.717) is 12.2 Å². The zero-order valence-corrected chi connectivity index (χ0v) is 10.3. The van der Waals surface area contributed by atoms with Crippen molar-refractivity contribution in [3.63, 3.8) is 0 Å². The smallest absolute Gasteiger partial charge is 0.430 e. The maximum atomic E-state index is 12.3. The molecular formula is C13H16F3NO. The van der Waals surface area contributed by atoms with Gasteiger partial charge in [0.25, 0.3) is 0 Å². The van der Waals surface area contributed by atoms with Gasteiger partial charge in [0, 0.05) is 6.04 Å². The topological polar surface area (TPSA) is 21.3 Å². The Bertz CT molecular complexity index is 415. The Hall–Kier alpha value is -1.65. The summed E-state index contributed by atoms with van der Waals surface area (Å²) in [4.78, 5) is 0. The maximum Gasteiger partial charge on any atom is 0.430 e. The molecular weight excluding hydrogens is 243 g/mol. The van der Waals surface area contributed by atoms with Crippen molar-refractivity contribution in [2.75, 3.05) is 7.11 Å². The number of ether oxygens (including phenoxy) is 1. The second-order valence-corrected chi connectivity index (χ2v) is 4.08. The highest BCUT2D eigenvalue weighted by Crippen LogP contribution is 2.22. The Morgan fingerprint density at radius 2 is 2.11 bits per heavy atom. The fraction of sp³-hybridized carbons (Fsp3) is 0.385. The first kappa shape index (κ1) is 14.4. The van der Waals surface area contributed by atoms with Gasteiger partial charge in [0.2, 0.25) is 0 Å². The van der Waals surface area contributed by atoms with Crippen LogP contribution in [0.4, 0.5) is 13.2 Å². The van der Waals surface area contributed by atoms with Crippen molar-refractivity contribution in [2.45, 2.75) is 25.6 Å². The first-order chi connectivity index (χ1) is 8.32. The highest BCUT2D eigenvalue weighted by Gasteiger charge is 2.32. The molecule has 1 aromatic carbocycles. The van der Waals surface area contributed by atoms with Gasteiger partial charge in [-0.2, -0.15) is 13.2 Å². The van der Waals surface area contributed by atoms with Crippen LogP contribution in [0.25, 0.3) is 0 Å². The van der Waals surface area contributed by atoms with E-state index in [-0.39, 0.29) is 6.04 Å². The summed E-state index contributed by atoms with van der Waals surface area (Å²) in [7, 11) is 1.55. The Morgan fingerprint density at radius 1 is 1.44 bits per heavy atom. The first-order valence-electron chi connectivity index (χ1n) is 5.48. The lowest BCUT2D eigenvalue weighted by molar-refractivity contribution is -0.0971. The number of methoxy groups -OCH3 is 1. The minimum absolute atomic E-state index is 0.355. The number of nitrogens with one attached hydrogen (secondary N) is 1. The summed E-state index contributed by atoms with van der Waals surface area (Å²) in [5.74, 6) is 0.689. The van der Waals surface area contributed by atoms with Crippen LogP contribution in [0, 0.1) is 0 Å². The third kappa shape index (κ3) is 4.31. The molecule has 0 amide bonds. The zero-order valence-electron chi connectivity index (χ0n) is 10.3. The van der Waals surface area contributed by atoms with Crippen LogP contribution in [0.3, 0.4) is 0 Å². The standard InChI is InChI=1S/C13H16F3NO/c1-9(17-10(2)13(14,15)16)7-11-5-4-6-12(8-11)18-3/h4-6,8-9,17H,2,7H2,1,3H3/t9-/m0/s1. The molecule has 0 aliphatic carbocycles. The molecule has 1 rings (SSSR count). The second kappa shape index (κ2) is 5.80. The van der Waals surface area contributed by atoms with E-state index in [9.17, 15) is 13.2 Å². The lowest BCUT2D eigenvalue weighted by atomic mass is 10.1. The molecule has 1 aromatic rings. The number of hydrogen-bond acceptors (Lipinski definition) is 2. The van der Waals surface area contributed by atoms with Crippen molar-refractivity contribution in [3.8, 4) is 5.75 Å². The van der Waals surface area contributed by atoms with E-state index in [1.54, 1.807) is 32.2 Å². The van der Waals surface area contributed by atoms with Gasteiger partial charge in [0.1, 0.15) is 11.4 Å². The number of allylic oxidation sites excluding steroid dienone is 1. The number of alkyl halides is 3. The molecule has 2 nitrogen and oxygen atoms in total. The number of halogens is 3. The van der Waals surface area contributed by atoms with E-state index in [4.69, 9.17) is 4.74 Å². The monoisotopic (exact) mass is 259 g/mol. The van der Waals surface area contributed by atoms with Crippen LogP contribution in [-0.4, -0.2) is 19.3 Å². The molecule has 0 aliphatic rings. The van der Waals surface area contributed by atoms with Gasteiger partial charge >= 0.3 is 6.18 Å². The molecule has 100 valence electrons. The Kier molecular flexibility index (Phi) is 4.64. The van der Waals surface area contributed by atoms with E-state index < -0.39 is 11.9 Å². The van der Waals surface area contributed by atoms with Crippen LogP contribution in [0.5, 0.6) is 5.75 Å². The number of hydrogen-bond donors (Lipinski definition) is 1. The number of benzene rings is 1. The first-order valence-corrected chi connectivity index (χ1v) is 5.48. The summed E-state index contributed by atoms with van der Waals surface area (Å²) in [5.41, 5.74) is -0.0118. The Morgan fingerprint density at radius 3 is 2.67 bits per heavy atom. The molecule has 0 radical (unpaired) electrons. The minimum atomic E-state index is -4.40. The molecule has 0 aliphatic heterocycles. The maximum absolute atomic E-state index is 12.3. The van der Waals surface area contributed by atoms with Crippen molar-refractivity contribution in [1.82, 2.24) is 5.32 Å². The molecule has 0 unspecified atom stereocenters. The van der Waals surface area contributed by atoms with Crippen molar-refractivity contribution in [2.24, 2.45) is 0 Å². The van der Waals surface area contributed by atoms with E-state index >= 15 is 0 Å². The fourth-order valence-electron chi connectivity index (χ4n) is 1.58. The van der Waals surface area contributed by atoms with Gasteiger partial charge in [0.15, 0.2) is 0 Å². The van der Waals surface area contributed by atoms with Crippen LogP contribution in [0.15, 0.2) is 36.5 Å². The molecule has 0 saturated carbocycles. The van der Waals surface area contributed by atoms with Gasteiger partial charge in [-0.3, -0.25) is 0 Å². The van der Waals surface area contributed by atoms with Gasteiger partial charge in [-0.15, -0.1) is 0 Å². The van der Waals surface area contributed by atoms with Crippen LogP contribution in [-0.2, 0) is 6.42 Å². The molecule has 5 heteroatoms. The molecule has 1 atom stereocenters. The largest absolute Gasteiger partial charge is 0.497 e. The molecule has 18 heavy (non-hydrogen) atoms. The summed E-state index contributed by atoms with van der Waals surface area (Å²) in [6.45, 7) is 4.66. The fourth-order valence-corrected chi connectivity index (χ4v) is 1.58. The lowest BCUT2D eigenvalue weighted by Gasteiger charge is -2.19. The van der Waals surface area contributed by atoms with Crippen molar-refractivity contribution < 1.29 is 17.9 Å². The summed E-state index contributed by atoms with van der Waals surface area (Å²) in [5, 5.41) is 2.35. The third-order valence-electron chi connectivity index (χ3n) is 2.44. The Balaban J connectivity index is 2.59. The van der Waals surface area contributed by atoms with Crippen LogP contribution >= 0.6 is 0 Å². The third-order valence-corrected chi connectivity index (χ3v) is 2.44. The van der Waals surface area contributed by atoms with Crippen LogP contribution in [0.1, 0.15) is 12.5 Å². The second-order valence-electron chi connectivity index (χ2n) is 4.08. The molecule has 0 heterocycles. The van der Waals surface area contributed by atoms with E-state index in [1.165, 1.54) is 0 Å². The van der Waals surface area contributed by atoms with Gasteiger partial charge in [0.05, 0.1) is 7.11 Å². The molecule has 0 bridgehead atoms. The molecule has 0 spiro atoms. The molecule has 0 aromatic heterocycles. The summed E-state index contributed by atoms with van der Waals surface area (Å²) in [6.07, 6.45) is -3.94. The summed E-state index contributed by atoms with van der Waals surface area (Å²) < 4.78 is 41.9. The SMILES string of the molecule is C=C(N[C@@H](C)Cc1cccc(OC)c1)C(F)(F)F. The average molecular weight is 259 g/mol. The lowest BCUT2D eigenvalue weighted by Crippen LogP contribution is -2.33. The van der Waals surface area contributed by atoms with Crippen LogP contribution in [0.2, 0.25) is 0 Å². The van der Waals surface area contributed by atoms with Crippen molar-refractivity contribution in [1.29, 1.82) is 0 Å². The summed E-state index contributed by atoms with van der Waals surface area (Å²) >= 11 is 0. The quantitative estimate of drug-likeness (QED) is 0.876. The van der Waals surface area contributed by atoms with Gasteiger partial charge in [-0.25, -0.2) is 0 Å². The minimum Gasteiger partial charge on any atom is -0.497 e. The van der Waals surface area contributed by atoms with Gasteiger partial charge in [-0.05, 0) is 31.0 Å². The van der Waals surface area contributed by atoms with E-state index in [2.05, 4.69) is 11.9 Å². The zero-order chi connectivity index (χ0) is 13.8. The van der Waals surface area contributed by atoms with Gasteiger partial charge in [-0.1, -0.05) is 18.7 Å². The van der Waals surface area contributed by atoms with E-state index in [1.807, 2.05) is 6.07 Å². The highest BCUT2D eigenvalue weighted by atomic mass is 19.4. The van der Waals surface area contributed by atoms with Crippen LogP contribution < -0.4 is 10.1 Å².